The van der Waals surface area contributed by atoms with Crippen LogP contribution in [0.3, 0.4) is 0 Å². The highest BCUT2D eigenvalue weighted by Gasteiger charge is 2.17. The number of rotatable bonds is 1. The van der Waals surface area contributed by atoms with Crippen LogP contribution in [0.4, 0.5) is 4.39 Å². The second kappa shape index (κ2) is 3.37. The van der Waals surface area contributed by atoms with Gasteiger partial charge in [-0.1, -0.05) is 12.8 Å². The lowest BCUT2D eigenvalue weighted by Gasteiger charge is -2.12. The van der Waals surface area contributed by atoms with Gasteiger partial charge >= 0.3 is 0 Å². The fraction of sp³-hybridized carbons (Fsp3) is 0.385. The highest BCUT2D eigenvalue weighted by molar-refractivity contribution is 5.79. The van der Waals surface area contributed by atoms with E-state index in [2.05, 4.69) is 10.6 Å². The third-order valence-electron chi connectivity index (χ3n) is 3.31. The van der Waals surface area contributed by atoms with Crippen molar-refractivity contribution in [3.8, 4) is 0 Å². The van der Waals surface area contributed by atoms with Gasteiger partial charge in [-0.3, -0.25) is 0 Å². The lowest BCUT2D eigenvalue weighted by molar-refractivity contribution is 0.535. The van der Waals surface area contributed by atoms with Crippen molar-refractivity contribution in [1.29, 1.82) is 0 Å². The molecule has 0 bridgehead atoms. The molecule has 0 spiro atoms. The third kappa shape index (κ3) is 1.44. The maximum absolute atomic E-state index is 13.0. The van der Waals surface area contributed by atoms with Crippen molar-refractivity contribution in [3.05, 3.63) is 36.3 Å². The van der Waals surface area contributed by atoms with Gasteiger partial charge in [0, 0.05) is 29.2 Å². The average Bonchev–Trinajstić information content (AvgIpc) is 2.82. The van der Waals surface area contributed by atoms with Gasteiger partial charge in [0.1, 0.15) is 5.82 Å². The summed E-state index contributed by atoms with van der Waals surface area (Å²) < 4.78 is 15.2. The normalized spacial score (nSPS) is 17.7. The average molecular weight is 202 g/mol. The molecule has 1 aliphatic carbocycles. The van der Waals surface area contributed by atoms with Crippen molar-refractivity contribution in [2.45, 2.75) is 31.7 Å². The van der Waals surface area contributed by atoms with E-state index >= 15 is 0 Å². The Kier molecular flexibility index (Phi) is 2.01. The minimum atomic E-state index is -0.178. The van der Waals surface area contributed by atoms with E-state index in [1.165, 1.54) is 31.7 Å². The first-order valence-electron chi connectivity index (χ1n) is 5.52. The number of aromatic nitrogens is 1. The van der Waals surface area contributed by atoms with E-state index < -0.39 is 0 Å². The van der Waals surface area contributed by atoms with Gasteiger partial charge in [-0.05, 0) is 31.0 Å². The Morgan fingerprint density at radius 1 is 1.27 bits per heavy atom. The van der Waals surface area contributed by atoms with Crippen LogP contribution in [-0.2, 0) is 0 Å². The molecule has 0 aliphatic heterocycles. The zero-order chi connectivity index (χ0) is 10.3. The van der Waals surface area contributed by atoms with E-state index in [0.29, 0.717) is 6.04 Å². The predicted molar refractivity (Wildman–Crippen MR) is 58.2 cm³/mol. The van der Waals surface area contributed by atoms with Crippen LogP contribution in [0, 0.1) is 11.9 Å². The van der Waals surface area contributed by atoms with Crippen LogP contribution < -0.4 is 0 Å². The quantitative estimate of drug-likeness (QED) is 0.664. The number of hydrogen-bond acceptors (Lipinski definition) is 0. The van der Waals surface area contributed by atoms with Crippen LogP contribution in [-0.4, -0.2) is 4.57 Å². The molecule has 0 atom stereocenters. The first-order valence-corrected chi connectivity index (χ1v) is 5.52. The molecule has 0 unspecified atom stereocenters. The fourth-order valence-corrected chi connectivity index (χ4v) is 2.54. The van der Waals surface area contributed by atoms with Gasteiger partial charge in [-0.25, -0.2) is 4.39 Å². The maximum atomic E-state index is 13.0. The Labute approximate surface area is 88.5 Å². The Hall–Kier alpha value is -1.31. The molecule has 0 saturated heterocycles. The van der Waals surface area contributed by atoms with Crippen LogP contribution in [0.2, 0.25) is 0 Å². The molecule has 1 aliphatic rings. The molecule has 77 valence electrons. The molecule has 1 fully saturated rings. The summed E-state index contributed by atoms with van der Waals surface area (Å²) in [6, 6.07) is 8.68. The Morgan fingerprint density at radius 2 is 2.07 bits per heavy atom. The zero-order valence-electron chi connectivity index (χ0n) is 8.54. The van der Waals surface area contributed by atoms with Crippen LogP contribution in [0.25, 0.3) is 10.9 Å². The zero-order valence-corrected chi connectivity index (χ0v) is 8.54. The van der Waals surface area contributed by atoms with E-state index in [1.54, 1.807) is 6.07 Å². The Balaban J connectivity index is 2.11. The molecule has 0 N–H and O–H groups in total. The van der Waals surface area contributed by atoms with Crippen molar-refractivity contribution in [2.24, 2.45) is 0 Å². The summed E-state index contributed by atoms with van der Waals surface area (Å²) in [5, 5.41) is 0.891. The first kappa shape index (κ1) is 8.96. The predicted octanol–water partition coefficient (Wildman–Crippen LogP) is 3.70. The van der Waals surface area contributed by atoms with Crippen LogP contribution in [0.5, 0.6) is 0 Å². The van der Waals surface area contributed by atoms with Gasteiger partial charge in [0.15, 0.2) is 0 Å². The second-order valence-electron chi connectivity index (χ2n) is 4.28. The highest BCUT2D eigenvalue weighted by Crippen LogP contribution is 2.32. The van der Waals surface area contributed by atoms with Gasteiger partial charge in [0.05, 0.1) is 0 Å². The van der Waals surface area contributed by atoms with Crippen molar-refractivity contribution in [3.63, 3.8) is 0 Å². The van der Waals surface area contributed by atoms with E-state index in [0.717, 1.165) is 10.9 Å². The summed E-state index contributed by atoms with van der Waals surface area (Å²) in [4.78, 5) is 0. The van der Waals surface area contributed by atoms with Crippen molar-refractivity contribution in [2.75, 3.05) is 0 Å². The third-order valence-corrected chi connectivity index (χ3v) is 3.31. The smallest absolute Gasteiger partial charge is 0.123 e. The van der Waals surface area contributed by atoms with Gasteiger partial charge in [0.25, 0.3) is 0 Å². The molecule has 1 saturated carbocycles. The van der Waals surface area contributed by atoms with Crippen LogP contribution >= 0.6 is 0 Å². The van der Waals surface area contributed by atoms with E-state index in [-0.39, 0.29) is 5.82 Å². The summed E-state index contributed by atoms with van der Waals surface area (Å²) >= 11 is 0. The van der Waals surface area contributed by atoms with Crippen molar-refractivity contribution in [1.82, 2.24) is 4.57 Å². The molecule has 0 amide bonds. The molecule has 1 nitrogen and oxygen atoms in total. The summed E-state index contributed by atoms with van der Waals surface area (Å²) in [5.74, 6) is -0.178. The largest absolute Gasteiger partial charge is 0.344 e. The standard InChI is InChI=1S/C13H13FN/c14-11-5-6-13-10(9-11)7-8-15(13)12-3-1-2-4-12/h5-6,8-9,12H,1-4H2. The number of hydrogen-bond donors (Lipinski definition) is 0. The van der Waals surface area contributed by atoms with Crippen LogP contribution in [0.15, 0.2) is 24.4 Å². The molecule has 1 radical (unpaired) electrons. The molecular formula is C13H13FN. The summed E-state index contributed by atoms with van der Waals surface area (Å²) in [7, 11) is 0. The summed E-state index contributed by atoms with van der Waals surface area (Å²) in [5.41, 5.74) is 1.11. The number of benzene rings is 1. The number of fused-ring (bicyclic) bond motifs is 1. The molecule has 1 aromatic heterocycles. The molecular weight excluding hydrogens is 189 g/mol. The number of halogens is 1. The van der Waals surface area contributed by atoms with Crippen LogP contribution in [0.1, 0.15) is 31.7 Å². The van der Waals surface area contributed by atoms with Crippen molar-refractivity contribution < 1.29 is 4.39 Å². The summed E-state index contributed by atoms with van der Waals surface area (Å²) in [6.45, 7) is 0. The SMILES string of the molecule is Fc1ccc2c([c]cn2C2CCCC2)c1. The first-order chi connectivity index (χ1) is 7.34. The van der Waals surface area contributed by atoms with Gasteiger partial charge in [-0.15, -0.1) is 0 Å². The fourth-order valence-electron chi connectivity index (χ4n) is 2.54. The highest BCUT2D eigenvalue weighted by atomic mass is 19.1. The Bertz CT molecular complexity index is 480. The topological polar surface area (TPSA) is 4.93 Å². The second-order valence-corrected chi connectivity index (χ2v) is 4.28. The van der Waals surface area contributed by atoms with Crippen molar-refractivity contribution >= 4 is 10.9 Å². The van der Waals surface area contributed by atoms with Gasteiger partial charge < -0.3 is 4.57 Å². The van der Waals surface area contributed by atoms with E-state index in [4.69, 9.17) is 0 Å². The molecule has 15 heavy (non-hydrogen) atoms. The lowest BCUT2D eigenvalue weighted by atomic mass is 10.2. The lowest BCUT2D eigenvalue weighted by Crippen LogP contribution is -2.02. The minimum Gasteiger partial charge on any atom is -0.344 e. The minimum absolute atomic E-state index is 0.178. The monoisotopic (exact) mass is 202 g/mol. The molecule has 3 rings (SSSR count). The Morgan fingerprint density at radius 3 is 2.87 bits per heavy atom. The molecule has 1 aromatic carbocycles. The van der Waals surface area contributed by atoms with E-state index in [1.807, 2.05) is 12.3 Å². The van der Waals surface area contributed by atoms with Gasteiger partial charge in [0.2, 0.25) is 0 Å². The molecule has 1 heterocycles. The molecule has 2 heteroatoms. The maximum Gasteiger partial charge on any atom is 0.123 e. The number of nitrogens with zero attached hydrogens (tertiary/aromatic N) is 1. The molecule has 2 aromatic rings. The van der Waals surface area contributed by atoms with Gasteiger partial charge in [-0.2, -0.15) is 0 Å². The summed E-state index contributed by atoms with van der Waals surface area (Å²) in [6.07, 6.45) is 7.08. The van der Waals surface area contributed by atoms with E-state index in [9.17, 15) is 4.39 Å².